The van der Waals surface area contributed by atoms with E-state index in [4.69, 9.17) is 14.5 Å². The Balaban J connectivity index is 1.56. The van der Waals surface area contributed by atoms with Crippen molar-refractivity contribution in [2.45, 2.75) is 39.8 Å². The molecule has 0 aliphatic carbocycles. The molecule has 3 aromatic carbocycles. The minimum Gasteiger partial charge on any atom is -0.489 e. The van der Waals surface area contributed by atoms with Crippen LogP contribution in [-0.4, -0.2) is 34.6 Å². The lowest BCUT2D eigenvalue weighted by atomic mass is 9.89. The zero-order chi connectivity index (χ0) is 26.6. The zero-order valence-electron chi connectivity index (χ0n) is 22.0. The zero-order valence-corrected chi connectivity index (χ0v) is 22.0. The van der Waals surface area contributed by atoms with Crippen LogP contribution in [0, 0.1) is 11.8 Å². The number of imidazole rings is 1. The van der Waals surface area contributed by atoms with Crippen LogP contribution < -0.4 is 9.64 Å². The van der Waals surface area contributed by atoms with Gasteiger partial charge in [-0.15, -0.1) is 0 Å². The molecule has 1 aromatic heterocycles. The molecule has 4 aromatic rings. The predicted molar refractivity (Wildman–Crippen MR) is 147 cm³/mol. The Bertz CT molecular complexity index is 1410. The van der Waals surface area contributed by atoms with Crippen LogP contribution in [0.5, 0.6) is 5.75 Å². The van der Waals surface area contributed by atoms with Crippen LogP contribution >= 0.6 is 0 Å². The van der Waals surface area contributed by atoms with Gasteiger partial charge in [0.05, 0.1) is 23.7 Å². The second-order valence-electron chi connectivity index (χ2n) is 9.96. The molecule has 1 amide bonds. The van der Waals surface area contributed by atoms with Crippen molar-refractivity contribution in [3.63, 3.8) is 0 Å². The number of anilines is 1. The number of carbonyl (C=O) groups excluding carboxylic acids is 2. The summed E-state index contributed by atoms with van der Waals surface area (Å²) >= 11 is 0. The van der Waals surface area contributed by atoms with Crippen molar-refractivity contribution in [2.24, 2.45) is 11.8 Å². The minimum atomic E-state index is -1.02. The van der Waals surface area contributed by atoms with Crippen molar-refractivity contribution in [3.05, 3.63) is 90.0 Å². The number of para-hydroxylation sites is 2. The summed E-state index contributed by atoms with van der Waals surface area (Å²) in [5.74, 6) is -0.161. The number of nitrogens with zero attached hydrogens (tertiary/aromatic N) is 3. The number of carbonyl (C=O) groups is 2. The highest BCUT2D eigenvalue weighted by atomic mass is 16.5. The van der Waals surface area contributed by atoms with Gasteiger partial charge in [0.15, 0.2) is 5.92 Å². The summed E-state index contributed by atoms with van der Waals surface area (Å²) in [5.41, 5.74) is 3.54. The van der Waals surface area contributed by atoms with Crippen molar-refractivity contribution in [3.8, 4) is 5.75 Å². The van der Waals surface area contributed by atoms with Gasteiger partial charge >= 0.3 is 5.97 Å². The molecule has 0 fully saturated rings. The standard InChI is InChI=1S/C31H33N3O4/c1-4-37-30(36)27-28(23-14-16-24(17-15-23)38-20-22-10-6-5-7-11-22)34-26-13-9-8-12-25(26)32-31(34)33(29(27)35)19-18-21(2)3/h5-17,21,27-28H,4,18-20H2,1-3H3. The number of ether oxygens (including phenoxy) is 2. The molecule has 7 nitrogen and oxygen atoms in total. The van der Waals surface area contributed by atoms with Crippen molar-refractivity contribution in [2.75, 3.05) is 18.1 Å². The van der Waals surface area contributed by atoms with Crippen LogP contribution in [0.4, 0.5) is 5.95 Å². The van der Waals surface area contributed by atoms with E-state index in [1.807, 2.05) is 83.4 Å². The van der Waals surface area contributed by atoms with Crippen LogP contribution in [0.1, 0.15) is 44.4 Å². The molecule has 2 atom stereocenters. The summed E-state index contributed by atoms with van der Waals surface area (Å²) in [7, 11) is 0. The fraction of sp³-hybridized carbons (Fsp3) is 0.323. The first-order chi connectivity index (χ1) is 18.5. The van der Waals surface area contributed by atoms with Gasteiger partial charge in [-0.25, -0.2) is 4.98 Å². The van der Waals surface area contributed by atoms with E-state index >= 15 is 0 Å². The lowest BCUT2D eigenvalue weighted by Crippen LogP contribution is -2.50. The Morgan fingerprint density at radius 1 is 0.974 bits per heavy atom. The molecule has 0 saturated carbocycles. The number of aromatic nitrogens is 2. The summed E-state index contributed by atoms with van der Waals surface area (Å²) in [4.78, 5) is 33.8. The maximum atomic E-state index is 14.0. The van der Waals surface area contributed by atoms with E-state index in [1.165, 1.54) is 0 Å². The van der Waals surface area contributed by atoms with Gasteiger partial charge in [0, 0.05) is 6.54 Å². The molecule has 5 rings (SSSR count). The lowest BCUT2D eigenvalue weighted by molar-refractivity contribution is -0.153. The van der Waals surface area contributed by atoms with Crippen LogP contribution in [-0.2, 0) is 20.9 Å². The Hall–Kier alpha value is -4.13. The summed E-state index contributed by atoms with van der Waals surface area (Å²) in [6.07, 6.45) is 0.794. The summed E-state index contributed by atoms with van der Waals surface area (Å²) in [6.45, 7) is 7.12. The van der Waals surface area contributed by atoms with E-state index in [1.54, 1.807) is 11.8 Å². The number of hydrogen-bond donors (Lipinski definition) is 0. The van der Waals surface area contributed by atoms with E-state index in [9.17, 15) is 9.59 Å². The summed E-state index contributed by atoms with van der Waals surface area (Å²) in [5, 5.41) is 0. The first kappa shape index (κ1) is 25.5. The maximum absolute atomic E-state index is 14.0. The fourth-order valence-corrected chi connectivity index (χ4v) is 4.95. The second-order valence-corrected chi connectivity index (χ2v) is 9.96. The highest BCUT2D eigenvalue weighted by molar-refractivity contribution is 6.08. The highest BCUT2D eigenvalue weighted by Gasteiger charge is 2.47. The van der Waals surface area contributed by atoms with Gasteiger partial charge in [0.25, 0.3) is 0 Å². The van der Waals surface area contributed by atoms with Crippen molar-refractivity contribution >= 4 is 28.9 Å². The largest absolute Gasteiger partial charge is 0.489 e. The van der Waals surface area contributed by atoms with Crippen molar-refractivity contribution in [1.82, 2.24) is 9.55 Å². The van der Waals surface area contributed by atoms with Gasteiger partial charge in [0.1, 0.15) is 12.4 Å². The van der Waals surface area contributed by atoms with E-state index in [2.05, 4.69) is 13.8 Å². The molecule has 196 valence electrons. The molecular formula is C31H33N3O4. The van der Waals surface area contributed by atoms with Gasteiger partial charge in [-0.1, -0.05) is 68.4 Å². The van der Waals surface area contributed by atoms with E-state index < -0.39 is 17.9 Å². The van der Waals surface area contributed by atoms with E-state index in [-0.39, 0.29) is 12.5 Å². The smallest absolute Gasteiger partial charge is 0.321 e. The van der Waals surface area contributed by atoms with Gasteiger partial charge in [-0.2, -0.15) is 0 Å². The van der Waals surface area contributed by atoms with E-state index in [0.717, 1.165) is 28.6 Å². The first-order valence-electron chi connectivity index (χ1n) is 13.2. The molecule has 0 bridgehead atoms. The number of hydrogen-bond acceptors (Lipinski definition) is 5. The molecule has 0 saturated heterocycles. The Labute approximate surface area is 223 Å². The molecule has 38 heavy (non-hydrogen) atoms. The number of esters is 1. The fourth-order valence-electron chi connectivity index (χ4n) is 4.95. The monoisotopic (exact) mass is 511 g/mol. The average Bonchev–Trinajstić information content (AvgIpc) is 3.31. The topological polar surface area (TPSA) is 73.7 Å². The third-order valence-electron chi connectivity index (χ3n) is 6.89. The van der Waals surface area contributed by atoms with Gasteiger partial charge in [-0.3, -0.25) is 14.5 Å². The molecule has 1 aliphatic rings. The number of benzene rings is 3. The predicted octanol–water partition coefficient (Wildman–Crippen LogP) is 5.78. The van der Waals surface area contributed by atoms with Gasteiger partial charge < -0.3 is 14.0 Å². The lowest BCUT2D eigenvalue weighted by Gasteiger charge is -2.38. The normalized spacial score (nSPS) is 17.1. The van der Waals surface area contributed by atoms with Crippen molar-refractivity contribution in [1.29, 1.82) is 0 Å². The van der Waals surface area contributed by atoms with E-state index in [0.29, 0.717) is 30.8 Å². The molecule has 7 heteroatoms. The molecule has 1 aliphatic heterocycles. The first-order valence-corrected chi connectivity index (χ1v) is 13.2. The number of amides is 1. The minimum absolute atomic E-state index is 0.200. The quantitative estimate of drug-likeness (QED) is 0.210. The summed E-state index contributed by atoms with van der Waals surface area (Å²) in [6, 6.07) is 24.8. The van der Waals surface area contributed by atoms with Crippen molar-refractivity contribution < 1.29 is 19.1 Å². The third-order valence-corrected chi connectivity index (χ3v) is 6.89. The van der Waals surface area contributed by atoms with Crippen LogP contribution in [0.25, 0.3) is 11.0 Å². The maximum Gasteiger partial charge on any atom is 0.321 e. The molecule has 0 spiro atoms. The Kier molecular flexibility index (Phi) is 7.45. The van der Waals surface area contributed by atoms with Crippen LogP contribution in [0.2, 0.25) is 0 Å². The third kappa shape index (κ3) is 5.01. The van der Waals surface area contributed by atoms with Crippen LogP contribution in [0.3, 0.4) is 0 Å². The van der Waals surface area contributed by atoms with Crippen LogP contribution in [0.15, 0.2) is 78.9 Å². The molecular weight excluding hydrogens is 478 g/mol. The molecule has 0 N–H and O–H groups in total. The Morgan fingerprint density at radius 3 is 2.39 bits per heavy atom. The average molecular weight is 512 g/mol. The van der Waals surface area contributed by atoms with Gasteiger partial charge in [0.2, 0.25) is 11.9 Å². The summed E-state index contributed by atoms with van der Waals surface area (Å²) < 4.78 is 13.5. The molecule has 0 radical (unpaired) electrons. The second kappa shape index (κ2) is 11.1. The molecule has 2 unspecified atom stereocenters. The Morgan fingerprint density at radius 2 is 1.68 bits per heavy atom. The SMILES string of the molecule is CCOC(=O)C1C(=O)N(CCC(C)C)c2nc3ccccc3n2C1c1ccc(OCc2ccccc2)cc1. The van der Waals surface area contributed by atoms with Gasteiger partial charge in [-0.05, 0) is 54.7 Å². The molecule has 2 heterocycles. The number of fused-ring (bicyclic) bond motifs is 3. The number of rotatable bonds is 9. The highest BCUT2D eigenvalue weighted by Crippen LogP contribution is 2.41.